The van der Waals surface area contributed by atoms with Gasteiger partial charge in [0.1, 0.15) is 5.75 Å². The van der Waals surface area contributed by atoms with E-state index in [1.54, 1.807) is 25.3 Å². The first-order valence-corrected chi connectivity index (χ1v) is 6.94. The zero-order valence-electron chi connectivity index (χ0n) is 12.3. The third-order valence-electron chi connectivity index (χ3n) is 3.45. The molecule has 0 aliphatic carbocycles. The molecule has 2 aromatic carbocycles. The summed E-state index contributed by atoms with van der Waals surface area (Å²) >= 11 is 0. The molecule has 110 valence electrons. The minimum Gasteiger partial charge on any atom is -0.495 e. The van der Waals surface area contributed by atoms with Gasteiger partial charge in [0.15, 0.2) is 0 Å². The fraction of sp³-hybridized carbons (Fsp3) is 0.235. The van der Waals surface area contributed by atoms with Gasteiger partial charge >= 0.3 is 0 Å². The monoisotopic (exact) mass is 284 g/mol. The fourth-order valence-electron chi connectivity index (χ4n) is 2.26. The normalized spacial score (nSPS) is 10.2. The number of amides is 1. The smallest absolute Gasteiger partial charge is 0.248 e. The Labute approximate surface area is 124 Å². The van der Waals surface area contributed by atoms with E-state index in [1.807, 2.05) is 12.1 Å². The lowest BCUT2D eigenvalue weighted by Gasteiger charge is -2.14. The van der Waals surface area contributed by atoms with E-state index in [1.165, 1.54) is 11.1 Å². The first kappa shape index (κ1) is 14.9. The third-order valence-corrected chi connectivity index (χ3v) is 3.45. The molecule has 3 N–H and O–H groups in total. The average molecular weight is 284 g/mol. The lowest BCUT2D eigenvalue weighted by Crippen LogP contribution is -2.12. The van der Waals surface area contributed by atoms with Gasteiger partial charge in [-0.15, -0.1) is 0 Å². The van der Waals surface area contributed by atoms with E-state index in [-0.39, 0.29) is 0 Å². The van der Waals surface area contributed by atoms with E-state index in [0.717, 1.165) is 12.1 Å². The quantitative estimate of drug-likeness (QED) is 0.857. The van der Waals surface area contributed by atoms with Crippen molar-refractivity contribution in [1.29, 1.82) is 0 Å². The summed E-state index contributed by atoms with van der Waals surface area (Å²) in [5.41, 5.74) is 9.07. The van der Waals surface area contributed by atoms with Crippen molar-refractivity contribution < 1.29 is 9.53 Å². The summed E-state index contributed by atoms with van der Waals surface area (Å²) in [5.74, 6) is 0.239. The second-order valence-corrected chi connectivity index (χ2v) is 4.76. The largest absolute Gasteiger partial charge is 0.495 e. The van der Waals surface area contributed by atoms with Crippen LogP contribution in [0.1, 0.15) is 28.4 Å². The highest BCUT2D eigenvalue weighted by molar-refractivity contribution is 5.94. The Bertz CT molecular complexity index is 638. The van der Waals surface area contributed by atoms with Gasteiger partial charge in [0.25, 0.3) is 0 Å². The zero-order valence-corrected chi connectivity index (χ0v) is 12.3. The van der Waals surface area contributed by atoms with E-state index in [0.29, 0.717) is 17.9 Å². The number of benzene rings is 2. The van der Waals surface area contributed by atoms with Gasteiger partial charge in [0, 0.05) is 12.1 Å². The first-order chi connectivity index (χ1) is 10.2. The minimum atomic E-state index is -0.449. The Balaban J connectivity index is 2.22. The molecule has 0 aliphatic heterocycles. The Morgan fingerprint density at radius 2 is 1.90 bits per heavy atom. The maximum Gasteiger partial charge on any atom is 0.248 e. The van der Waals surface area contributed by atoms with Crippen molar-refractivity contribution in [3.63, 3.8) is 0 Å². The Morgan fingerprint density at radius 3 is 2.52 bits per heavy atom. The van der Waals surface area contributed by atoms with E-state index < -0.39 is 5.91 Å². The SMILES string of the molecule is CCc1ccccc1CNc1cc(C(N)=O)ccc1OC. The molecule has 0 spiro atoms. The van der Waals surface area contributed by atoms with Crippen LogP contribution in [0.4, 0.5) is 5.69 Å². The molecule has 21 heavy (non-hydrogen) atoms. The summed E-state index contributed by atoms with van der Waals surface area (Å²) in [7, 11) is 1.60. The van der Waals surface area contributed by atoms with Crippen LogP contribution in [0.25, 0.3) is 0 Å². The van der Waals surface area contributed by atoms with Crippen LogP contribution in [0.3, 0.4) is 0 Å². The van der Waals surface area contributed by atoms with Gasteiger partial charge in [-0.05, 0) is 35.7 Å². The highest BCUT2D eigenvalue weighted by Gasteiger charge is 2.08. The predicted octanol–water partition coefficient (Wildman–Crippen LogP) is 2.97. The van der Waals surface area contributed by atoms with Crippen molar-refractivity contribution in [2.45, 2.75) is 19.9 Å². The van der Waals surface area contributed by atoms with Gasteiger partial charge in [-0.1, -0.05) is 31.2 Å². The fourth-order valence-corrected chi connectivity index (χ4v) is 2.26. The summed E-state index contributed by atoms with van der Waals surface area (Å²) in [6.07, 6.45) is 0.982. The third kappa shape index (κ3) is 3.54. The van der Waals surface area contributed by atoms with Crippen LogP contribution >= 0.6 is 0 Å². The molecule has 0 aliphatic rings. The summed E-state index contributed by atoms with van der Waals surface area (Å²) < 4.78 is 5.31. The van der Waals surface area contributed by atoms with Crippen molar-refractivity contribution in [3.05, 3.63) is 59.2 Å². The molecular formula is C17H20N2O2. The number of primary amides is 1. The van der Waals surface area contributed by atoms with Gasteiger partial charge in [-0.25, -0.2) is 0 Å². The van der Waals surface area contributed by atoms with Crippen LogP contribution in [0.5, 0.6) is 5.75 Å². The van der Waals surface area contributed by atoms with Gasteiger partial charge in [-0.2, -0.15) is 0 Å². The number of nitrogens with one attached hydrogen (secondary N) is 1. The summed E-state index contributed by atoms with van der Waals surface area (Å²) in [6.45, 7) is 2.80. The summed E-state index contributed by atoms with van der Waals surface area (Å²) in [5, 5.41) is 3.32. The van der Waals surface area contributed by atoms with Crippen molar-refractivity contribution >= 4 is 11.6 Å². The van der Waals surface area contributed by atoms with Crippen LogP contribution in [0.2, 0.25) is 0 Å². The molecule has 0 bridgehead atoms. The number of anilines is 1. The van der Waals surface area contributed by atoms with Crippen LogP contribution in [0, 0.1) is 0 Å². The van der Waals surface area contributed by atoms with Crippen molar-refractivity contribution in [2.24, 2.45) is 5.73 Å². The molecule has 4 heteroatoms. The molecule has 4 nitrogen and oxygen atoms in total. The van der Waals surface area contributed by atoms with Crippen molar-refractivity contribution in [1.82, 2.24) is 0 Å². The molecule has 0 fully saturated rings. The van der Waals surface area contributed by atoms with Crippen LogP contribution in [-0.4, -0.2) is 13.0 Å². The summed E-state index contributed by atoms with van der Waals surface area (Å²) in [4.78, 5) is 11.3. The molecule has 0 radical (unpaired) electrons. The minimum absolute atomic E-state index is 0.449. The molecule has 0 aromatic heterocycles. The molecule has 0 heterocycles. The number of ether oxygens (including phenoxy) is 1. The van der Waals surface area contributed by atoms with E-state index in [2.05, 4.69) is 24.4 Å². The number of rotatable bonds is 6. The van der Waals surface area contributed by atoms with Gasteiger partial charge in [0.05, 0.1) is 12.8 Å². The Kier molecular flexibility index (Phi) is 4.82. The predicted molar refractivity (Wildman–Crippen MR) is 84.7 cm³/mol. The highest BCUT2D eigenvalue weighted by Crippen LogP contribution is 2.26. The van der Waals surface area contributed by atoms with Gasteiger partial charge in [0.2, 0.25) is 5.91 Å². The molecule has 2 aromatic rings. The van der Waals surface area contributed by atoms with Crippen LogP contribution < -0.4 is 15.8 Å². The average Bonchev–Trinajstić information content (AvgIpc) is 2.52. The maximum atomic E-state index is 11.3. The summed E-state index contributed by atoms with van der Waals surface area (Å²) in [6, 6.07) is 13.4. The standard InChI is InChI=1S/C17H20N2O2/c1-3-12-6-4-5-7-14(12)11-19-15-10-13(17(18)20)8-9-16(15)21-2/h4-10,19H,3,11H2,1-2H3,(H2,18,20). The Morgan fingerprint density at radius 1 is 1.19 bits per heavy atom. The number of carbonyl (C=O) groups excluding carboxylic acids is 1. The van der Waals surface area contributed by atoms with Gasteiger partial charge in [-0.3, -0.25) is 4.79 Å². The molecule has 0 saturated carbocycles. The number of nitrogens with two attached hydrogens (primary N) is 1. The molecule has 1 amide bonds. The first-order valence-electron chi connectivity index (χ1n) is 6.94. The van der Waals surface area contributed by atoms with Crippen LogP contribution in [0.15, 0.2) is 42.5 Å². The number of aryl methyl sites for hydroxylation is 1. The van der Waals surface area contributed by atoms with E-state index >= 15 is 0 Å². The topological polar surface area (TPSA) is 64.3 Å². The molecule has 0 unspecified atom stereocenters. The Hall–Kier alpha value is -2.49. The van der Waals surface area contributed by atoms with Crippen LogP contribution in [-0.2, 0) is 13.0 Å². The van der Waals surface area contributed by atoms with E-state index in [9.17, 15) is 4.79 Å². The number of methoxy groups -OCH3 is 1. The van der Waals surface area contributed by atoms with E-state index in [4.69, 9.17) is 10.5 Å². The number of hydrogen-bond acceptors (Lipinski definition) is 3. The number of hydrogen-bond donors (Lipinski definition) is 2. The number of carbonyl (C=O) groups is 1. The molecule has 0 saturated heterocycles. The lowest BCUT2D eigenvalue weighted by atomic mass is 10.1. The molecular weight excluding hydrogens is 264 g/mol. The molecule has 2 rings (SSSR count). The highest BCUT2D eigenvalue weighted by atomic mass is 16.5. The van der Waals surface area contributed by atoms with Crippen molar-refractivity contribution in [2.75, 3.05) is 12.4 Å². The maximum absolute atomic E-state index is 11.3. The second-order valence-electron chi connectivity index (χ2n) is 4.76. The lowest BCUT2D eigenvalue weighted by molar-refractivity contribution is 0.100. The molecule has 0 atom stereocenters. The van der Waals surface area contributed by atoms with Crippen molar-refractivity contribution in [3.8, 4) is 5.75 Å². The second kappa shape index (κ2) is 6.79. The van der Waals surface area contributed by atoms with Gasteiger partial charge < -0.3 is 15.8 Å². The zero-order chi connectivity index (χ0) is 15.2.